The zero-order valence-electron chi connectivity index (χ0n) is 18.4. The highest BCUT2D eigenvalue weighted by Gasteiger charge is 2.43. The van der Waals surface area contributed by atoms with Gasteiger partial charge in [0.1, 0.15) is 5.75 Å². The lowest BCUT2D eigenvalue weighted by molar-refractivity contribution is 0.00564. The van der Waals surface area contributed by atoms with Crippen LogP contribution in [0, 0.1) is 5.92 Å². The first kappa shape index (κ1) is 20.4. The van der Waals surface area contributed by atoms with E-state index in [0.717, 1.165) is 50.2 Å². The van der Waals surface area contributed by atoms with Crippen LogP contribution in [0.2, 0.25) is 0 Å². The second-order valence-corrected chi connectivity index (χ2v) is 9.10. The van der Waals surface area contributed by atoms with Crippen molar-refractivity contribution >= 4 is 6.03 Å². The van der Waals surface area contributed by atoms with Gasteiger partial charge in [-0.25, -0.2) is 4.79 Å². The molecule has 3 unspecified atom stereocenters. The molecule has 3 aliphatic rings. The Balaban J connectivity index is 1.31. The lowest BCUT2D eigenvalue weighted by Gasteiger charge is -2.52. The van der Waals surface area contributed by atoms with Gasteiger partial charge in [-0.05, 0) is 67.3 Å². The number of carbonyl (C=O) groups excluding carboxylic acids is 1. The van der Waals surface area contributed by atoms with Crippen LogP contribution in [0.5, 0.6) is 5.75 Å². The first-order valence-electron chi connectivity index (χ1n) is 11.8. The van der Waals surface area contributed by atoms with Gasteiger partial charge in [0.25, 0.3) is 0 Å². The molecule has 2 aromatic carbocycles. The van der Waals surface area contributed by atoms with Crippen LogP contribution in [0.15, 0.2) is 48.5 Å². The fourth-order valence-corrected chi connectivity index (χ4v) is 5.82. The Morgan fingerprint density at radius 1 is 1.16 bits per heavy atom. The summed E-state index contributed by atoms with van der Waals surface area (Å²) < 4.78 is 5.73. The number of hydrogen-bond donors (Lipinski definition) is 1. The summed E-state index contributed by atoms with van der Waals surface area (Å²) >= 11 is 0. The Morgan fingerprint density at radius 2 is 2.03 bits per heavy atom. The molecule has 5 nitrogen and oxygen atoms in total. The Morgan fingerprint density at radius 3 is 2.87 bits per heavy atom. The fourth-order valence-electron chi connectivity index (χ4n) is 5.82. The molecule has 5 rings (SSSR count). The molecule has 0 aromatic heterocycles. The predicted octanol–water partition coefficient (Wildman–Crippen LogP) is 4.38. The van der Waals surface area contributed by atoms with E-state index in [9.17, 15) is 4.79 Å². The minimum atomic E-state index is 0.0923. The number of ether oxygens (including phenoxy) is 1. The third-order valence-electron chi connectivity index (χ3n) is 7.29. The minimum Gasteiger partial charge on any atom is -0.494 e. The van der Waals surface area contributed by atoms with E-state index in [-0.39, 0.29) is 6.03 Å². The van der Waals surface area contributed by atoms with Gasteiger partial charge in [0.2, 0.25) is 0 Å². The van der Waals surface area contributed by atoms with Gasteiger partial charge < -0.3 is 15.0 Å². The average Bonchev–Trinajstić information content (AvgIpc) is 2.81. The van der Waals surface area contributed by atoms with Crippen LogP contribution in [0.3, 0.4) is 0 Å². The lowest BCUT2D eigenvalue weighted by atomic mass is 9.76. The van der Waals surface area contributed by atoms with Crippen molar-refractivity contribution in [3.8, 4) is 5.75 Å². The van der Waals surface area contributed by atoms with E-state index in [1.165, 1.54) is 17.5 Å². The first-order chi connectivity index (χ1) is 15.2. The van der Waals surface area contributed by atoms with Crippen molar-refractivity contribution in [2.75, 3.05) is 26.2 Å². The third kappa shape index (κ3) is 4.16. The molecule has 2 saturated heterocycles. The maximum Gasteiger partial charge on any atom is 0.317 e. The van der Waals surface area contributed by atoms with Crippen molar-refractivity contribution < 1.29 is 9.53 Å². The van der Waals surface area contributed by atoms with Gasteiger partial charge in [0.15, 0.2) is 0 Å². The monoisotopic (exact) mass is 419 g/mol. The first-order valence-corrected chi connectivity index (χ1v) is 11.8. The molecule has 0 spiro atoms. The summed E-state index contributed by atoms with van der Waals surface area (Å²) in [6, 6.07) is 17.6. The fraction of sp³-hybridized carbons (Fsp3) is 0.500. The summed E-state index contributed by atoms with van der Waals surface area (Å²) in [5, 5.41) is 3.17. The molecule has 5 heteroatoms. The molecule has 0 saturated carbocycles. The molecule has 3 atom stereocenters. The summed E-state index contributed by atoms with van der Waals surface area (Å²) in [6.45, 7) is 6.39. The summed E-state index contributed by atoms with van der Waals surface area (Å²) in [7, 11) is 0. The van der Waals surface area contributed by atoms with Gasteiger partial charge in [-0.1, -0.05) is 36.4 Å². The summed E-state index contributed by atoms with van der Waals surface area (Å²) in [5.41, 5.74) is 4.00. The van der Waals surface area contributed by atoms with Crippen molar-refractivity contribution in [1.29, 1.82) is 0 Å². The van der Waals surface area contributed by atoms with Gasteiger partial charge in [0.05, 0.1) is 6.61 Å². The molecule has 3 aliphatic heterocycles. The smallest absolute Gasteiger partial charge is 0.317 e. The molecule has 0 aliphatic carbocycles. The van der Waals surface area contributed by atoms with Crippen LogP contribution in [0.25, 0.3) is 0 Å². The summed E-state index contributed by atoms with van der Waals surface area (Å²) in [4.78, 5) is 17.9. The van der Waals surface area contributed by atoms with Crippen molar-refractivity contribution in [3.05, 3.63) is 65.2 Å². The number of rotatable bonds is 4. The molecule has 1 N–H and O–H groups in total. The van der Waals surface area contributed by atoms with Gasteiger partial charge >= 0.3 is 6.03 Å². The van der Waals surface area contributed by atoms with Crippen LogP contribution in [0.4, 0.5) is 4.79 Å². The molecular formula is C26H33N3O2. The highest BCUT2D eigenvalue weighted by molar-refractivity contribution is 5.74. The second-order valence-electron chi connectivity index (χ2n) is 9.10. The Bertz CT molecular complexity index is 916. The van der Waals surface area contributed by atoms with Crippen LogP contribution in [0.1, 0.15) is 48.9 Å². The molecular weight excluding hydrogens is 386 g/mol. The number of piperidine rings is 2. The van der Waals surface area contributed by atoms with Crippen molar-refractivity contribution in [3.63, 3.8) is 0 Å². The highest BCUT2D eigenvalue weighted by atomic mass is 16.5. The number of amides is 2. The van der Waals surface area contributed by atoms with Crippen LogP contribution < -0.4 is 10.1 Å². The molecule has 2 aromatic rings. The lowest BCUT2D eigenvalue weighted by Crippen LogP contribution is -2.59. The van der Waals surface area contributed by atoms with Crippen molar-refractivity contribution in [2.24, 2.45) is 5.92 Å². The van der Waals surface area contributed by atoms with Crippen molar-refractivity contribution in [2.45, 2.75) is 51.2 Å². The van der Waals surface area contributed by atoms with Crippen LogP contribution >= 0.6 is 0 Å². The topological polar surface area (TPSA) is 44.8 Å². The summed E-state index contributed by atoms with van der Waals surface area (Å²) in [6.07, 6.45) is 4.45. The maximum atomic E-state index is 13.1. The zero-order valence-corrected chi connectivity index (χ0v) is 18.4. The minimum absolute atomic E-state index is 0.0923. The molecule has 2 amide bonds. The van der Waals surface area contributed by atoms with Gasteiger partial charge in [0, 0.05) is 38.3 Å². The molecule has 2 fully saturated rings. The molecule has 164 valence electrons. The molecule has 0 radical (unpaired) electrons. The standard InChI is InChI=1S/C26H33N3O2/c1-2-31-22-10-11-23-20(15-22)12-14-28-18-21-9-6-13-29(24(21)16-25(23)28)26(30)27-17-19-7-4-3-5-8-19/h3-5,7-8,10-11,15,21,24-25H,2,6,9,12-14,16-18H2,1H3,(H,27,30). The average molecular weight is 420 g/mol. The maximum absolute atomic E-state index is 13.1. The third-order valence-corrected chi connectivity index (χ3v) is 7.29. The largest absolute Gasteiger partial charge is 0.494 e. The number of hydrogen-bond acceptors (Lipinski definition) is 3. The van der Waals surface area contributed by atoms with Gasteiger partial charge in [-0.3, -0.25) is 4.90 Å². The van der Waals surface area contributed by atoms with E-state index < -0.39 is 0 Å². The predicted molar refractivity (Wildman–Crippen MR) is 122 cm³/mol. The number of likely N-dealkylation sites (tertiary alicyclic amines) is 1. The van der Waals surface area contributed by atoms with E-state index in [1.54, 1.807) is 0 Å². The number of fused-ring (bicyclic) bond motifs is 4. The summed E-state index contributed by atoms with van der Waals surface area (Å²) in [5.74, 6) is 1.56. The zero-order chi connectivity index (χ0) is 21.2. The van der Waals surface area contributed by atoms with E-state index in [4.69, 9.17) is 4.74 Å². The van der Waals surface area contributed by atoms with E-state index in [1.807, 2.05) is 25.1 Å². The van der Waals surface area contributed by atoms with E-state index in [0.29, 0.717) is 31.2 Å². The Kier molecular flexibility index (Phi) is 5.86. The molecule has 0 bridgehead atoms. The number of carbonyl (C=O) groups is 1. The Hall–Kier alpha value is -2.53. The second kappa shape index (κ2) is 8.91. The quantitative estimate of drug-likeness (QED) is 0.800. The molecule has 31 heavy (non-hydrogen) atoms. The number of nitrogens with zero attached hydrogens (tertiary/aromatic N) is 2. The number of benzene rings is 2. The van der Waals surface area contributed by atoms with E-state index in [2.05, 4.69) is 45.4 Å². The highest BCUT2D eigenvalue weighted by Crippen LogP contribution is 2.43. The van der Waals surface area contributed by atoms with Crippen LogP contribution in [-0.2, 0) is 13.0 Å². The SMILES string of the molecule is CCOc1ccc2c(c1)CCN1CC3CCCN(C(=O)NCc4ccccc4)C3CC21. The van der Waals surface area contributed by atoms with Gasteiger partial charge in [-0.2, -0.15) is 0 Å². The molecule has 3 heterocycles. The Labute approximate surface area is 185 Å². The van der Waals surface area contributed by atoms with E-state index >= 15 is 0 Å². The van der Waals surface area contributed by atoms with Crippen LogP contribution in [-0.4, -0.2) is 48.1 Å². The van der Waals surface area contributed by atoms with Gasteiger partial charge in [-0.15, -0.1) is 0 Å². The number of nitrogens with one attached hydrogen (secondary N) is 1. The van der Waals surface area contributed by atoms with Crippen molar-refractivity contribution in [1.82, 2.24) is 15.1 Å². The normalized spacial score (nSPS) is 25.2. The number of urea groups is 1.